The van der Waals surface area contributed by atoms with Gasteiger partial charge < -0.3 is 4.98 Å². The Hall–Kier alpha value is -0.220. The monoisotopic (exact) mass is 300 g/mol. The summed E-state index contributed by atoms with van der Waals surface area (Å²) in [6.07, 6.45) is 4.77. The van der Waals surface area contributed by atoms with Gasteiger partial charge in [-0.05, 0) is 47.0 Å². The van der Waals surface area contributed by atoms with Crippen LogP contribution in [-0.2, 0) is 12.8 Å². The van der Waals surface area contributed by atoms with Gasteiger partial charge in [-0.25, -0.2) is 4.98 Å². The van der Waals surface area contributed by atoms with Crippen LogP contribution in [0.25, 0.3) is 0 Å². The first kappa shape index (κ1) is 12.2. The van der Waals surface area contributed by atoms with E-state index in [4.69, 9.17) is 12.2 Å². The standard InChI is InChI=1S/C12H17BrN2S/c1-7(2)5-9-11(13)12(16)15-10(14-9)6-8-3-4-8/h7-8H,3-6H2,1-2H3,(H,14,15,16). The molecule has 1 aromatic heterocycles. The number of aromatic amines is 1. The molecule has 1 aliphatic rings. The normalized spacial score (nSPS) is 15.8. The lowest BCUT2D eigenvalue weighted by Gasteiger charge is -2.10. The van der Waals surface area contributed by atoms with Crippen molar-refractivity contribution < 1.29 is 0 Å². The van der Waals surface area contributed by atoms with E-state index in [1.807, 2.05) is 0 Å². The number of rotatable bonds is 4. The van der Waals surface area contributed by atoms with Crippen LogP contribution in [0, 0.1) is 16.5 Å². The van der Waals surface area contributed by atoms with Crippen molar-refractivity contribution in [2.45, 2.75) is 39.5 Å². The summed E-state index contributed by atoms with van der Waals surface area (Å²) in [5.74, 6) is 2.52. The molecule has 0 amide bonds. The number of hydrogen-bond acceptors (Lipinski definition) is 2. The van der Waals surface area contributed by atoms with E-state index >= 15 is 0 Å². The molecule has 1 aliphatic carbocycles. The van der Waals surface area contributed by atoms with Gasteiger partial charge in [-0.3, -0.25) is 0 Å². The fourth-order valence-electron chi connectivity index (χ4n) is 1.80. The second kappa shape index (κ2) is 4.96. The summed E-state index contributed by atoms with van der Waals surface area (Å²) in [5.41, 5.74) is 1.20. The highest BCUT2D eigenvalue weighted by Crippen LogP contribution is 2.32. The van der Waals surface area contributed by atoms with Gasteiger partial charge in [0.25, 0.3) is 0 Å². The van der Waals surface area contributed by atoms with E-state index in [9.17, 15) is 0 Å². The van der Waals surface area contributed by atoms with Gasteiger partial charge in [0.15, 0.2) is 0 Å². The molecule has 1 heterocycles. The van der Waals surface area contributed by atoms with E-state index in [1.54, 1.807) is 0 Å². The molecule has 0 unspecified atom stereocenters. The fourth-order valence-corrected chi connectivity index (χ4v) is 2.38. The maximum atomic E-state index is 5.28. The van der Waals surface area contributed by atoms with Crippen LogP contribution in [0.4, 0.5) is 0 Å². The number of H-pyrrole nitrogens is 1. The highest BCUT2D eigenvalue weighted by Gasteiger charge is 2.23. The fraction of sp³-hybridized carbons (Fsp3) is 0.667. The average Bonchev–Trinajstić information content (AvgIpc) is 2.96. The molecule has 88 valence electrons. The van der Waals surface area contributed by atoms with E-state index in [2.05, 4.69) is 39.7 Å². The van der Waals surface area contributed by atoms with Crippen molar-refractivity contribution in [2.75, 3.05) is 0 Å². The van der Waals surface area contributed by atoms with E-state index in [0.717, 1.165) is 29.1 Å². The van der Waals surface area contributed by atoms with Crippen molar-refractivity contribution in [2.24, 2.45) is 11.8 Å². The Morgan fingerprint density at radius 1 is 1.50 bits per heavy atom. The first-order valence-electron chi connectivity index (χ1n) is 5.84. The molecular formula is C12H17BrN2S. The summed E-state index contributed by atoms with van der Waals surface area (Å²) < 4.78 is 1.67. The summed E-state index contributed by atoms with van der Waals surface area (Å²) in [6.45, 7) is 4.43. The Kier molecular flexibility index (Phi) is 3.80. The smallest absolute Gasteiger partial charge is 0.144 e. The molecule has 0 radical (unpaired) electrons. The zero-order valence-electron chi connectivity index (χ0n) is 9.72. The molecule has 16 heavy (non-hydrogen) atoms. The molecule has 0 spiro atoms. The topological polar surface area (TPSA) is 28.7 Å². The highest BCUT2D eigenvalue weighted by atomic mass is 79.9. The molecule has 1 N–H and O–H groups in total. The van der Waals surface area contributed by atoms with Gasteiger partial charge >= 0.3 is 0 Å². The van der Waals surface area contributed by atoms with Crippen LogP contribution in [0.15, 0.2) is 4.47 Å². The molecule has 0 aromatic carbocycles. The molecule has 4 heteroatoms. The van der Waals surface area contributed by atoms with Crippen molar-refractivity contribution in [3.8, 4) is 0 Å². The summed E-state index contributed by atoms with van der Waals surface area (Å²) in [5, 5.41) is 0. The zero-order chi connectivity index (χ0) is 11.7. The zero-order valence-corrected chi connectivity index (χ0v) is 12.1. The highest BCUT2D eigenvalue weighted by molar-refractivity contribution is 9.10. The Bertz CT molecular complexity index is 435. The van der Waals surface area contributed by atoms with Crippen LogP contribution < -0.4 is 0 Å². The number of hydrogen-bond donors (Lipinski definition) is 1. The maximum absolute atomic E-state index is 5.28. The summed E-state index contributed by atoms with van der Waals surface area (Å²) in [7, 11) is 0. The second-order valence-electron chi connectivity index (χ2n) is 5.03. The van der Waals surface area contributed by atoms with E-state index < -0.39 is 0 Å². The molecule has 1 fully saturated rings. The minimum absolute atomic E-state index is 0.623. The number of nitrogens with one attached hydrogen (secondary N) is 1. The van der Waals surface area contributed by atoms with Gasteiger partial charge in [0.1, 0.15) is 10.5 Å². The van der Waals surface area contributed by atoms with Gasteiger partial charge in [0, 0.05) is 12.1 Å². The van der Waals surface area contributed by atoms with E-state index in [0.29, 0.717) is 10.6 Å². The average molecular weight is 301 g/mol. The predicted molar refractivity (Wildman–Crippen MR) is 72.1 cm³/mol. The van der Waals surface area contributed by atoms with Gasteiger partial charge in [0.05, 0.1) is 4.47 Å². The largest absolute Gasteiger partial charge is 0.346 e. The second-order valence-corrected chi connectivity index (χ2v) is 6.21. The lowest BCUT2D eigenvalue weighted by molar-refractivity contribution is 0.624. The minimum Gasteiger partial charge on any atom is -0.346 e. The first-order chi connectivity index (χ1) is 7.56. The van der Waals surface area contributed by atoms with Crippen LogP contribution in [0.1, 0.15) is 38.2 Å². The third-order valence-corrected chi connectivity index (χ3v) is 4.19. The number of aromatic nitrogens is 2. The molecule has 1 saturated carbocycles. The molecule has 0 saturated heterocycles. The van der Waals surface area contributed by atoms with Crippen LogP contribution >= 0.6 is 28.1 Å². The van der Waals surface area contributed by atoms with E-state index in [-0.39, 0.29) is 0 Å². The lowest BCUT2D eigenvalue weighted by atomic mass is 10.1. The molecule has 1 aromatic rings. The Morgan fingerprint density at radius 2 is 2.19 bits per heavy atom. The summed E-state index contributed by atoms with van der Waals surface area (Å²) in [4.78, 5) is 7.86. The van der Waals surface area contributed by atoms with Crippen molar-refractivity contribution in [3.05, 3.63) is 20.6 Å². The Morgan fingerprint density at radius 3 is 2.75 bits per heavy atom. The predicted octanol–water partition coefficient (Wildman–Crippen LogP) is 4.05. The molecule has 0 atom stereocenters. The van der Waals surface area contributed by atoms with Crippen molar-refractivity contribution in [1.29, 1.82) is 0 Å². The van der Waals surface area contributed by atoms with Crippen molar-refractivity contribution >= 4 is 28.1 Å². The Balaban J connectivity index is 2.26. The minimum atomic E-state index is 0.623. The number of halogens is 1. The van der Waals surface area contributed by atoms with Crippen LogP contribution in [0.2, 0.25) is 0 Å². The summed E-state index contributed by atoms with van der Waals surface area (Å²) in [6, 6.07) is 0. The molecule has 2 nitrogen and oxygen atoms in total. The molecular weight excluding hydrogens is 284 g/mol. The first-order valence-corrected chi connectivity index (χ1v) is 7.04. The van der Waals surface area contributed by atoms with Gasteiger partial charge in [-0.15, -0.1) is 0 Å². The van der Waals surface area contributed by atoms with Crippen LogP contribution in [0.5, 0.6) is 0 Å². The van der Waals surface area contributed by atoms with Crippen LogP contribution in [-0.4, -0.2) is 9.97 Å². The quantitative estimate of drug-likeness (QED) is 0.850. The molecule has 2 rings (SSSR count). The van der Waals surface area contributed by atoms with E-state index in [1.165, 1.54) is 18.5 Å². The third kappa shape index (κ3) is 3.14. The molecule has 0 bridgehead atoms. The van der Waals surface area contributed by atoms with Gasteiger partial charge in [0.2, 0.25) is 0 Å². The van der Waals surface area contributed by atoms with Crippen molar-refractivity contribution in [1.82, 2.24) is 9.97 Å². The van der Waals surface area contributed by atoms with Crippen LogP contribution in [0.3, 0.4) is 0 Å². The SMILES string of the molecule is CC(C)Cc1[nH]c(CC2CC2)nc(=S)c1Br. The maximum Gasteiger partial charge on any atom is 0.144 e. The lowest BCUT2D eigenvalue weighted by Crippen LogP contribution is -2.05. The Labute approximate surface area is 110 Å². The number of nitrogens with zero attached hydrogens (tertiary/aromatic N) is 1. The summed E-state index contributed by atoms with van der Waals surface area (Å²) >= 11 is 8.80. The third-order valence-electron chi connectivity index (χ3n) is 2.78. The van der Waals surface area contributed by atoms with Gasteiger partial charge in [-0.1, -0.05) is 26.1 Å². The van der Waals surface area contributed by atoms with Crippen molar-refractivity contribution in [3.63, 3.8) is 0 Å². The molecule has 0 aliphatic heterocycles. The van der Waals surface area contributed by atoms with Gasteiger partial charge in [-0.2, -0.15) is 0 Å².